The molecule has 1 heterocycles. The summed E-state index contributed by atoms with van der Waals surface area (Å²) < 4.78 is 5.59. The fourth-order valence-corrected chi connectivity index (χ4v) is 8.92. The van der Waals surface area contributed by atoms with Gasteiger partial charge in [-0.25, -0.2) is 4.98 Å². The van der Waals surface area contributed by atoms with E-state index in [2.05, 4.69) is 19.2 Å². The van der Waals surface area contributed by atoms with Crippen molar-refractivity contribution >= 4 is 28.8 Å². The molecule has 1 aromatic heterocycles. The number of amides is 1. The van der Waals surface area contributed by atoms with Gasteiger partial charge >= 0.3 is 5.97 Å². The number of rotatable bonds is 3. The van der Waals surface area contributed by atoms with Gasteiger partial charge in [0.2, 0.25) is 6.41 Å². The molecule has 4 aliphatic carbocycles. The minimum atomic E-state index is -0.131. The summed E-state index contributed by atoms with van der Waals surface area (Å²) in [6.07, 6.45) is 10.3. The molecule has 29 heavy (non-hydrogen) atoms. The van der Waals surface area contributed by atoms with Crippen LogP contribution in [-0.2, 0) is 26.2 Å². The van der Waals surface area contributed by atoms with Crippen LogP contribution in [0.5, 0.6) is 0 Å². The van der Waals surface area contributed by atoms with Gasteiger partial charge in [0.25, 0.3) is 0 Å². The van der Waals surface area contributed by atoms with Crippen LogP contribution in [0.15, 0.2) is 0 Å². The lowest BCUT2D eigenvalue weighted by Gasteiger charge is -2.60. The quantitative estimate of drug-likeness (QED) is 0.573. The maximum absolute atomic E-state index is 11.4. The van der Waals surface area contributed by atoms with Crippen LogP contribution in [0.2, 0.25) is 0 Å². The highest BCUT2D eigenvalue weighted by molar-refractivity contribution is 7.15. The molecular weight excluding hydrogens is 384 g/mol. The van der Waals surface area contributed by atoms with E-state index in [1.165, 1.54) is 49.6 Å². The monoisotopic (exact) mass is 416 g/mol. The first kappa shape index (κ1) is 19.5. The molecule has 0 aromatic carbocycles. The summed E-state index contributed by atoms with van der Waals surface area (Å²) in [5, 5.41) is 3.51. The van der Waals surface area contributed by atoms with Gasteiger partial charge < -0.3 is 10.1 Å². The van der Waals surface area contributed by atoms with E-state index in [-0.39, 0.29) is 17.5 Å². The number of hydrogen-bond donors (Lipinski definition) is 1. The van der Waals surface area contributed by atoms with Crippen LogP contribution in [0.3, 0.4) is 0 Å². The fourth-order valence-electron chi connectivity index (χ4n) is 7.80. The smallest absolute Gasteiger partial charge is 0.302 e. The van der Waals surface area contributed by atoms with Gasteiger partial charge in [0.15, 0.2) is 5.13 Å². The van der Waals surface area contributed by atoms with Crippen molar-refractivity contribution in [1.82, 2.24) is 4.98 Å². The second-order valence-electron chi connectivity index (χ2n) is 10.4. The van der Waals surface area contributed by atoms with Gasteiger partial charge in [-0.3, -0.25) is 9.59 Å². The van der Waals surface area contributed by atoms with Crippen LogP contribution in [0.1, 0.15) is 76.3 Å². The first-order valence-corrected chi connectivity index (χ1v) is 12.0. The third-order valence-electron chi connectivity index (χ3n) is 9.17. The second kappa shape index (κ2) is 6.79. The number of hydrogen-bond acceptors (Lipinski definition) is 5. The van der Waals surface area contributed by atoms with Crippen molar-refractivity contribution in [3.63, 3.8) is 0 Å². The van der Waals surface area contributed by atoms with Crippen molar-refractivity contribution in [2.24, 2.45) is 29.1 Å². The molecule has 5 rings (SSSR count). The maximum Gasteiger partial charge on any atom is 0.302 e. The van der Waals surface area contributed by atoms with E-state index in [1.807, 2.05) is 0 Å². The van der Waals surface area contributed by atoms with Gasteiger partial charge in [0, 0.05) is 17.2 Å². The molecule has 3 fully saturated rings. The lowest BCUT2D eigenvalue weighted by Crippen LogP contribution is -2.54. The number of aromatic nitrogens is 1. The molecule has 6 heteroatoms. The van der Waals surface area contributed by atoms with Gasteiger partial charge in [0.05, 0.1) is 5.69 Å². The van der Waals surface area contributed by atoms with E-state index < -0.39 is 0 Å². The number of thiazole rings is 1. The molecule has 7 atom stereocenters. The molecule has 1 N–H and O–H groups in total. The number of carbonyl (C=O) groups is 2. The second-order valence-corrected chi connectivity index (χ2v) is 11.5. The Bertz CT molecular complexity index is 838. The van der Waals surface area contributed by atoms with Gasteiger partial charge in [-0.15, -0.1) is 11.3 Å². The Morgan fingerprint density at radius 3 is 2.79 bits per heavy atom. The van der Waals surface area contributed by atoms with E-state index in [9.17, 15) is 9.59 Å². The molecular formula is C23H32N2O3S. The SMILES string of the molecule is CC(=O)O[C@H]1CC[C@@]2(C)[C@H](CC[C@@H]3[C@@H]2CC[C@]2(C)c4nc(NC=O)sc4C[C@@H]32)C1. The number of nitrogens with zero attached hydrogens (tertiary/aromatic N) is 1. The molecule has 158 valence electrons. The van der Waals surface area contributed by atoms with E-state index in [4.69, 9.17) is 9.72 Å². The van der Waals surface area contributed by atoms with E-state index >= 15 is 0 Å². The highest BCUT2D eigenvalue weighted by Gasteiger charge is 2.60. The summed E-state index contributed by atoms with van der Waals surface area (Å²) in [5.41, 5.74) is 1.81. The number of carbonyl (C=O) groups excluding carboxylic acids is 2. The number of nitrogens with one attached hydrogen (secondary N) is 1. The minimum absolute atomic E-state index is 0.127. The number of ether oxygens (including phenoxy) is 1. The molecule has 0 aliphatic heterocycles. The standard InChI is InChI=1S/C23H32N2O3S/c1-13(27)28-15-6-8-22(2)14(10-15)4-5-16-17(22)7-9-23(3)18(16)11-19-20(23)25-21(29-19)24-12-26/h12,14-18H,4-11H2,1-3H3,(H,24,25,26)/t14-,15+,16-,17+,18+,22+,23+/m1/s1. The normalized spacial score (nSPS) is 42.8. The Hall–Kier alpha value is -1.43. The molecule has 0 unspecified atom stereocenters. The summed E-state index contributed by atoms with van der Waals surface area (Å²) in [5.74, 6) is 2.78. The maximum atomic E-state index is 11.4. The van der Waals surface area contributed by atoms with E-state index in [0.29, 0.717) is 17.3 Å². The molecule has 1 amide bonds. The average molecular weight is 417 g/mol. The van der Waals surface area contributed by atoms with Gasteiger partial charge in [0.1, 0.15) is 6.10 Å². The summed E-state index contributed by atoms with van der Waals surface area (Å²) in [7, 11) is 0. The lowest BCUT2D eigenvalue weighted by atomic mass is 9.45. The van der Waals surface area contributed by atoms with Crippen molar-refractivity contribution in [2.45, 2.75) is 83.7 Å². The molecule has 5 nitrogen and oxygen atoms in total. The fraction of sp³-hybridized carbons (Fsp3) is 0.783. The predicted molar refractivity (Wildman–Crippen MR) is 113 cm³/mol. The first-order valence-electron chi connectivity index (χ1n) is 11.2. The summed E-state index contributed by atoms with van der Waals surface area (Å²) in [6, 6.07) is 0. The molecule has 4 aliphatic rings. The van der Waals surface area contributed by atoms with Crippen LogP contribution in [-0.4, -0.2) is 23.5 Å². The largest absolute Gasteiger partial charge is 0.463 e. The molecule has 0 radical (unpaired) electrons. The minimum Gasteiger partial charge on any atom is -0.463 e. The lowest BCUT2D eigenvalue weighted by molar-refractivity contribution is -0.157. The highest BCUT2D eigenvalue weighted by Crippen LogP contribution is 2.66. The first-order chi connectivity index (χ1) is 13.8. The zero-order valence-corrected chi connectivity index (χ0v) is 18.5. The Balaban J connectivity index is 1.38. The topological polar surface area (TPSA) is 68.3 Å². The third kappa shape index (κ3) is 2.88. The van der Waals surface area contributed by atoms with Crippen molar-refractivity contribution in [3.05, 3.63) is 10.6 Å². The van der Waals surface area contributed by atoms with Crippen molar-refractivity contribution in [1.29, 1.82) is 0 Å². The average Bonchev–Trinajstić information content (AvgIpc) is 3.18. The van der Waals surface area contributed by atoms with E-state index in [1.54, 1.807) is 11.3 Å². The summed E-state index contributed by atoms with van der Waals surface area (Å²) in [6.45, 7) is 6.50. The molecule has 1 aromatic rings. The van der Waals surface area contributed by atoms with Crippen LogP contribution < -0.4 is 5.32 Å². The highest BCUT2D eigenvalue weighted by atomic mass is 32.1. The van der Waals surface area contributed by atoms with Crippen molar-refractivity contribution in [2.75, 3.05) is 5.32 Å². The molecule has 0 spiro atoms. The molecule has 0 bridgehead atoms. The Morgan fingerprint density at radius 1 is 1.21 bits per heavy atom. The Kier molecular flexibility index (Phi) is 4.57. The van der Waals surface area contributed by atoms with Crippen LogP contribution in [0.25, 0.3) is 0 Å². The molecule has 3 saturated carbocycles. The Morgan fingerprint density at radius 2 is 2.03 bits per heavy atom. The van der Waals surface area contributed by atoms with Gasteiger partial charge in [-0.05, 0) is 80.5 Å². The van der Waals surface area contributed by atoms with Gasteiger partial charge in [-0.1, -0.05) is 13.8 Å². The van der Waals surface area contributed by atoms with Crippen LogP contribution in [0.4, 0.5) is 5.13 Å². The molecule has 0 saturated heterocycles. The van der Waals surface area contributed by atoms with Crippen LogP contribution >= 0.6 is 11.3 Å². The number of fused-ring (bicyclic) bond motifs is 7. The predicted octanol–water partition coefficient (Wildman–Crippen LogP) is 4.70. The number of esters is 1. The zero-order chi connectivity index (χ0) is 20.4. The Labute approximate surface area is 177 Å². The summed E-state index contributed by atoms with van der Waals surface area (Å²) >= 11 is 1.68. The summed E-state index contributed by atoms with van der Waals surface area (Å²) in [4.78, 5) is 28.5. The van der Waals surface area contributed by atoms with Crippen LogP contribution in [0, 0.1) is 29.1 Å². The van der Waals surface area contributed by atoms with E-state index in [0.717, 1.165) is 42.6 Å². The van der Waals surface area contributed by atoms with Crippen molar-refractivity contribution in [3.8, 4) is 0 Å². The van der Waals surface area contributed by atoms with Crippen molar-refractivity contribution < 1.29 is 14.3 Å². The number of anilines is 1. The third-order valence-corrected chi connectivity index (χ3v) is 10.2. The van der Waals surface area contributed by atoms with Gasteiger partial charge in [-0.2, -0.15) is 0 Å². The zero-order valence-electron chi connectivity index (χ0n) is 17.7.